The van der Waals surface area contributed by atoms with Gasteiger partial charge in [-0.05, 0) is 37.5 Å². The van der Waals surface area contributed by atoms with Crippen LogP contribution in [0, 0.1) is 6.92 Å². The van der Waals surface area contributed by atoms with E-state index < -0.39 is 11.8 Å². The van der Waals surface area contributed by atoms with Crippen LogP contribution < -0.4 is 10.6 Å². The summed E-state index contributed by atoms with van der Waals surface area (Å²) in [5, 5.41) is 5.68. The van der Waals surface area contributed by atoms with Crippen LogP contribution in [0.25, 0.3) is 0 Å². The van der Waals surface area contributed by atoms with Crippen LogP contribution in [0.5, 0.6) is 0 Å². The van der Waals surface area contributed by atoms with E-state index in [4.69, 9.17) is 11.6 Å². The maximum Gasteiger partial charge on any atom is 0.313 e. The van der Waals surface area contributed by atoms with Crippen LogP contribution in [0.4, 0.5) is 5.69 Å². The fourth-order valence-corrected chi connectivity index (χ4v) is 1.52. The number of carbonyl (C=O) groups is 2. The van der Waals surface area contributed by atoms with Crippen LogP contribution in [0.15, 0.2) is 18.2 Å². The molecule has 1 aliphatic rings. The number of nitrogens with one attached hydrogen (secondary N) is 2. The molecule has 1 saturated carbocycles. The summed E-state index contributed by atoms with van der Waals surface area (Å²) in [6.07, 6.45) is 1.91. The quantitative estimate of drug-likeness (QED) is 0.790. The molecule has 0 saturated heterocycles. The van der Waals surface area contributed by atoms with E-state index in [2.05, 4.69) is 10.6 Å². The number of amides is 2. The summed E-state index contributed by atoms with van der Waals surface area (Å²) in [5.41, 5.74) is 1.45. The van der Waals surface area contributed by atoms with Crippen LogP contribution in [0.3, 0.4) is 0 Å². The van der Waals surface area contributed by atoms with Gasteiger partial charge in [0, 0.05) is 16.8 Å². The Morgan fingerprint density at radius 1 is 1.29 bits per heavy atom. The Kier molecular flexibility index (Phi) is 3.33. The van der Waals surface area contributed by atoms with Crippen molar-refractivity contribution in [3.05, 3.63) is 28.8 Å². The summed E-state index contributed by atoms with van der Waals surface area (Å²) in [6.45, 7) is 1.87. The lowest BCUT2D eigenvalue weighted by Gasteiger charge is -2.06. The Morgan fingerprint density at radius 3 is 2.59 bits per heavy atom. The Bertz CT molecular complexity index is 470. The Labute approximate surface area is 104 Å². The van der Waals surface area contributed by atoms with Gasteiger partial charge in [-0.15, -0.1) is 0 Å². The summed E-state index contributed by atoms with van der Waals surface area (Å²) in [6, 6.07) is 5.30. The molecule has 2 amide bonds. The van der Waals surface area contributed by atoms with Gasteiger partial charge in [-0.3, -0.25) is 9.59 Å². The maximum absolute atomic E-state index is 11.5. The van der Waals surface area contributed by atoms with Crippen molar-refractivity contribution in [1.29, 1.82) is 0 Å². The third-order valence-electron chi connectivity index (χ3n) is 2.55. The van der Waals surface area contributed by atoms with Crippen LogP contribution in [0.2, 0.25) is 5.02 Å². The number of aryl methyl sites for hydroxylation is 1. The minimum absolute atomic E-state index is 0.176. The smallest absolute Gasteiger partial charge is 0.313 e. The lowest BCUT2D eigenvalue weighted by Crippen LogP contribution is -2.36. The zero-order valence-corrected chi connectivity index (χ0v) is 10.2. The third-order valence-corrected chi connectivity index (χ3v) is 2.96. The molecule has 1 fully saturated rings. The molecule has 0 bridgehead atoms. The second-order valence-corrected chi connectivity index (χ2v) is 4.57. The highest BCUT2D eigenvalue weighted by Gasteiger charge is 2.26. The first-order valence-corrected chi connectivity index (χ1v) is 5.82. The molecule has 0 aliphatic heterocycles. The Hall–Kier alpha value is -1.55. The van der Waals surface area contributed by atoms with E-state index in [1.165, 1.54) is 0 Å². The molecule has 0 atom stereocenters. The molecule has 1 aromatic carbocycles. The maximum atomic E-state index is 11.5. The average Bonchev–Trinajstić information content (AvgIpc) is 3.07. The highest BCUT2D eigenvalue weighted by atomic mass is 35.5. The summed E-state index contributed by atoms with van der Waals surface area (Å²) in [4.78, 5) is 22.9. The predicted octanol–water partition coefficient (Wildman–Crippen LogP) is 1.87. The van der Waals surface area contributed by atoms with Crippen LogP contribution >= 0.6 is 11.6 Å². The van der Waals surface area contributed by atoms with Gasteiger partial charge in [-0.2, -0.15) is 0 Å². The molecular weight excluding hydrogens is 240 g/mol. The van der Waals surface area contributed by atoms with E-state index in [9.17, 15) is 9.59 Å². The number of anilines is 1. The van der Waals surface area contributed by atoms with Gasteiger partial charge in [-0.1, -0.05) is 17.7 Å². The fourth-order valence-electron chi connectivity index (χ4n) is 1.34. The normalized spacial score (nSPS) is 14.2. The van der Waals surface area contributed by atoms with Gasteiger partial charge < -0.3 is 10.6 Å². The number of rotatable bonds is 2. The molecule has 1 aliphatic carbocycles. The molecular formula is C12H13ClN2O2. The number of halogens is 1. The van der Waals surface area contributed by atoms with Crippen LogP contribution in [-0.2, 0) is 9.59 Å². The highest BCUT2D eigenvalue weighted by Crippen LogP contribution is 2.20. The average molecular weight is 253 g/mol. The minimum Gasteiger partial charge on any atom is -0.345 e. The van der Waals surface area contributed by atoms with Crippen molar-refractivity contribution in [1.82, 2.24) is 5.32 Å². The van der Waals surface area contributed by atoms with E-state index in [0.717, 1.165) is 18.4 Å². The number of hydrogen-bond donors (Lipinski definition) is 2. The number of carbonyl (C=O) groups excluding carboxylic acids is 2. The van der Waals surface area contributed by atoms with Crippen LogP contribution in [-0.4, -0.2) is 17.9 Å². The van der Waals surface area contributed by atoms with E-state index >= 15 is 0 Å². The van der Waals surface area contributed by atoms with E-state index in [1.807, 2.05) is 6.92 Å². The van der Waals surface area contributed by atoms with Crippen molar-refractivity contribution in [3.63, 3.8) is 0 Å². The summed E-state index contributed by atoms with van der Waals surface area (Å²) in [5.74, 6) is -1.25. The summed E-state index contributed by atoms with van der Waals surface area (Å²) >= 11 is 5.92. The first-order chi connectivity index (χ1) is 8.06. The Morgan fingerprint density at radius 2 is 2.00 bits per heavy atom. The van der Waals surface area contributed by atoms with Crippen molar-refractivity contribution >= 4 is 29.1 Å². The summed E-state index contributed by atoms with van der Waals surface area (Å²) in [7, 11) is 0. The second-order valence-electron chi connectivity index (χ2n) is 4.17. The van der Waals surface area contributed by atoms with Crippen molar-refractivity contribution in [2.45, 2.75) is 25.8 Å². The molecule has 0 heterocycles. The molecule has 17 heavy (non-hydrogen) atoms. The van der Waals surface area contributed by atoms with Gasteiger partial charge in [0.15, 0.2) is 0 Å². The highest BCUT2D eigenvalue weighted by molar-refractivity contribution is 6.40. The van der Waals surface area contributed by atoms with E-state index in [-0.39, 0.29) is 6.04 Å². The number of hydrogen-bond acceptors (Lipinski definition) is 2. The van der Waals surface area contributed by atoms with Crippen molar-refractivity contribution in [2.75, 3.05) is 5.32 Å². The zero-order valence-electron chi connectivity index (χ0n) is 9.42. The molecule has 1 aromatic rings. The largest absolute Gasteiger partial charge is 0.345 e. The lowest BCUT2D eigenvalue weighted by atomic mass is 10.2. The first kappa shape index (κ1) is 11.9. The molecule has 90 valence electrons. The molecule has 0 aromatic heterocycles. The monoisotopic (exact) mass is 252 g/mol. The van der Waals surface area contributed by atoms with E-state index in [0.29, 0.717) is 10.7 Å². The topological polar surface area (TPSA) is 58.2 Å². The Balaban J connectivity index is 1.96. The van der Waals surface area contributed by atoms with Crippen molar-refractivity contribution in [3.8, 4) is 0 Å². The SMILES string of the molecule is Cc1ccc(NC(=O)C(=O)NC2CC2)cc1Cl. The molecule has 0 unspecified atom stereocenters. The van der Waals surface area contributed by atoms with Crippen molar-refractivity contribution in [2.24, 2.45) is 0 Å². The van der Waals surface area contributed by atoms with Gasteiger partial charge in [-0.25, -0.2) is 0 Å². The first-order valence-electron chi connectivity index (χ1n) is 5.44. The minimum atomic E-state index is -0.656. The van der Waals surface area contributed by atoms with Gasteiger partial charge in [0.2, 0.25) is 0 Å². The molecule has 0 radical (unpaired) electrons. The predicted molar refractivity (Wildman–Crippen MR) is 66.0 cm³/mol. The van der Waals surface area contributed by atoms with Crippen LogP contribution in [0.1, 0.15) is 18.4 Å². The lowest BCUT2D eigenvalue weighted by molar-refractivity contribution is -0.136. The molecule has 2 rings (SSSR count). The van der Waals surface area contributed by atoms with Gasteiger partial charge in [0.25, 0.3) is 0 Å². The van der Waals surface area contributed by atoms with Gasteiger partial charge in [0.05, 0.1) is 0 Å². The molecule has 2 N–H and O–H groups in total. The third kappa shape index (κ3) is 3.20. The molecule has 4 nitrogen and oxygen atoms in total. The summed E-state index contributed by atoms with van der Waals surface area (Å²) < 4.78 is 0. The molecule has 5 heteroatoms. The number of benzene rings is 1. The van der Waals surface area contributed by atoms with Gasteiger partial charge in [0.1, 0.15) is 0 Å². The van der Waals surface area contributed by atoms with Gasteiger partial charge >= 0.3 is 11.8 Å². The fraction of sp³-hybridized carbons (Fsp3) is 0.333. The van der Waals surface area contributed by atoms with Crippen molar-refractivity contribution < 1.29 is 9.59 Å². The zero-order chi connectivity index (χ0) is 12.4. The van der Waals surface area contributed by atoms with E-state index in [1.54, 1.807) is 18.2 Å². The standard InChI is InChI=1S/C12H13ClN2O2/c1-7-2-3-9(6-10(7)13)15-12(17)11(16)14-8-4-5-8/h2-3,6,8H,4-5H2,1H3,(H,14,16)(H,15,17). The molecule has 0 spiro atoms. The second kappa shape index (κ2) is 4.75.